The fourth-order valence-electron chi connectivity index (χ4n) is 3.52. The lowest BCUT2D eigenvalue weighted by Gasteiger charge is -2.21. The van der Waals surface area contributed by atoms with E-state index in [1.54, 1.807) is 17.8 Å². The SMILES string of the molecule is CC1=NOC(Cn2/c(=N\C(=O)c3cccc(C(F)(F)F)c3F)cc(C(C)(C)C)n2C)C1. The van der Waals surface area contributed by atoms with Crippen LogP contribution in [0.25, 0.3) is 0 Å². The van der Waals surface area contributed by atoms with Gasteiger partial charge in [-0.25, -0.2) is 4.39 Å². The topological polar surface area (TPSA) is 60.9 Å². The third-order valence-corrected chi connectivity index (χ3v) is 5.02. The molecule has 10 heteroatoms. The van der Waals surface area contributed by atoms with Crippen molar-refractivity contribution >= 4 is 11.6 Å². The van der Waals surface area contributed by atoms with E-state index in [9.17, 15) is 22.4 Å². The summed E-state index contributed by atoms with van der Waals surface area (Å²) in [6, 6.07) is 4.24. The first kappa shape index (κ1) is 22.8. The van der Waals surface area contributed by atoms with Gasteiger partial charge in [0.15, 0.2) is 11.6 Å². The summed E-state index contributed by atoms with van der Waals surface area (Å²) < 4.78 is 57.0. The third-order valence-electron chi connectivity index (χ3n) is 5.02. The number of carbonyl (C=O) groups excluding carboxylic acids is 1. The zero-order chi connectivity index (χ0) is 23.1. The standard InChI is InChI=1S/C21H24F4N4O2/c1-12-9-13(31-27-12)11-29-17(10-16(28(29)5)20(2,3)4)26-19(30)14-7-6-8-15(18(14)22)21(23,24)25/h6-8,10,13H,9,11H2,1-5H3/b26-17-. The van der Waals surface area contributed by atoms with Gasteiger partial charge in [0.05, 0.1) is 23.4 Å². The molecular weight excluding hydrogens is 416 g/mol. The van der Waals surface area contributed by atoms with E-state index in [1.807, 2.05) is 32.4 Å². The van der Waals surface area contributed by atoms with Crippen LogP contribution in [0.4, 0.5) is 17.6 Å². The fourth-order valence-corrected chi connectivity index (χ4v) is 3.52. The molecule has 1 amide bonds. The van der Waals surface area contributed by atoms with Gasteiger partial charge in [-0.1, -0.05) is 32.0 Å². The predicted octanol–water partition coefficient (Wildman–Crippen LogP) is 4.19. The van der Waals surface area contributed by atoms with Crippen LogP contribution in [0.3, 0.4) is 0 Å². The van der Waals surface area contributed by atoms with Gasteiger partial charge in [0.2, 0.25) is 0 Å². The number of carbonyl (C=O) groups is 1. The molecular formula is C21H24F4N4O2. The maximum atomic E-state index is 14.4. The molecule has 168 valence electrons. The molecule has 0 aliphatic carbocycles. The van der Waals surface area contributed by atoms with Gasteiger partial charge in [-0.2, -0.15) is 18.2 Å². The monoisotopic (exact) mass is 440 g/mol. The highest BCUT2D eigenvalue weighted by molar-refractivity contribution is 5.95. The van der Waals surface area contributed by atoms with Crippen LogP contribution >= 0.6 is 0 Å². The largest absolute Gasteiger partial charge is 0.419 e. The van der Waals surface area contributed by atoms with E-state index in [2.05, 4.69) is 10.1 Å². The molecule has 2 heterocycles. The molecule has 0 saturated heterocycles. The second kappa shape index (κ2) is 7.97. The molecule has 1 aromatic heterocycles. The Balaban J connectivity index is 2.08. The highest BCUT2D eigenvalue weighted by atomic mass is 19.4. The smallest absolute Gasteiger partial charge is 0.390 e. The molecule has 1 aromatic carbocycles. The van der Waals surface area contributed by atoms with Crippen molar-refractivity contribution in [2.45, 2.75) is 58.4 Å². The van der Waals surface area contributed by atoms with Crippen molar-refractivity contribution in [2.24, 2.45) is 17.2 Å². The van der Waals surface area contributed by atoms with Gasteiger partial charge in [0, 0.05) is 30.6 Å². The van der Waals surface area contributed by atoms with Gasteiger partial charge >= 0.3 is 6.18 Å². The highest BCUT2D eigenvalue weighted by Gasteiger charge is 2.35. The first-order chi connectivity index (χ1) is 14.3. The summed E-state index contributed by atoms with van der Waals surface area (Å²) in [6.07, 6.45) is -4.59. The van der Waals surface area contributed by atoms with Crippen LogP contribution in [0.5, 0.6) is 0 Å². The molecule has 0 radical (unpaired) electrons. The van der Waals surface area contributed by atoms with Crippen LogP contribution in [-0.2, 0) is 30.0 Å². The Morgan fingerprint density at radius 3 is 2.52 bits per heavy atom. The Hall–Kier alpha value is -2.91. The molecule has 6 nitrogen and oxygen atoms in total. The van der Waals surface area contributed by atoms with Gasteiger partial charge < -0.3 is 4.84 Å². The van der Waals surface area contributed by atoms with Gasteiger partial charge in [0.1, 0.15) is 5.82 Å². The average molecular weight is 440 g/mol. The minimum atomic E-state index is -4.91. The summed E-state index contributed by atoms with van der Waals surface area (Å²) in [4.78, 5) is 22.0. The summed E-state index contributed by atoms with van der Waals surface area (Å²) in [7, 11) is 1.79. The summed E-state index contributed by atoms with van der Waals surface area (Å²) >= 11 is 0. The van der Waals surface area contributed by atoms with Crippen LogP contribution < -0.4 is 5.49 Å². The molecule has 1 atom stereocenters. The Morgan fingerprint density at radius 1 is 1.29 bits per heavy atom. The van der Waals surface area contributed by atoms with Gasteiger partial charge in [-0.3, -0.25) is 14.2 Å². The number of alkyl halides is 3. The normalized spacial score (nSPS) is 17.6. The van der Waals surface area contributed by atoms with E-state index in [1.165, 1.54) is 0 Å². The van der Waals surface area contributed by atoms with E-state index in [4.69, 9.17) is 4.84 Å². The molecule has 31 heavy (non-hydrogen) atoms. The summed E-state index contributed by atoms with van der Waals surface area (Å²) in [6.45, 7) is 8.07. The lowest BCUT2D eigenvalue weighted by Crippen LogP contribution is -2.30. The molecule has 0 bridgehead atoms. The Bertz CT molecular complexity index is 1100. The van der Waals surface area contributed by atoms with Crippen LogP contribution in [-0.4, -0.2) is 27.1 Å². The molecule has 1 unspecified atom stereocenters. The second-order valence-corrected chi connectivity index (χ2v) is 8.58. The maximum absolute atomic E-state index is 14.4. The minimum absolute atomic E-state index is 0.197. The van der Waals surface area contributed by atoms with Crippen LogP contribution in [0.2, 0.25) is 0 Å². The predicted molar refractivity (Wildman–Crippen MR) is 106 cm³/mol. The third kappa shape index (κ3) is 4.72. The van der Waals surface area contributed by atoms with Crippen molar-refractivity contribution < 1.29 is 27.2 Å². The summed E-state index contributed by atoms with van der Waals surface area (Å²) in [5.74, 6) is -2.73. The number of aromatic nitrogens is 2. The average Bonchev–Trinajstić information content (AvgIpc) is 3.18. The molecule has 0 N–H and O–H groups in total. The van der Waals surface area contributed by atoms with Crippen LogP contribution in [0.1, 0.15) is 55.7 Å². The minimum Gasteiger partial charge on any atom is -0.390 e. The molecule has 0 spiro atoms. The van der Waals surface area contributed by atoms with Crippen LogP contribution in [0, 0.1) is 5.82 Å². The molecule has 1 aliphatic heterocycles. The molecule has 0 fully saturated rings. The van der Waals surface area contributed by atoms with Crippen molar-refractivity contribution in [1.29, 1.82) is 0 Å². The van der Waals surface area contributed by atoms with Crippen molar-refractivity contribution in [2.75, 3.05) is 0 Å². The van der Waals surface area contributed by atoms with Gasteiger partial charge in [-0.05, 0) is 19.1 Å². The van der Waals surface area contributed by atoms with Gasteiger partial charge in [0.25, 0.3) is 5.91 Å². The second-order valence-electron chi connectivity index (χ2n) is 8.58. The number of benzene rings is 1. The zero-order valence-electron chi connectivity index (χ0n) is 17.9. The van der Waals surface area contributed by atoms with Crippen molar-refractivity contribution in [3.8, 4) is 0 Å². The Labute approximate surface area is 176 Å². The number of halogens is 4. The van der Waals surface area contributed by atoms with Crippen molar-refractivity contribution in [3.63, 3.8) is 0 Å². The van der Waals surface area contributed by atoms with Crippen LogP contribution in [0.15, 0.2) is 34.4 Å². The molecule has 0 saturated carbocycles. The lowest BCUT2D eigenvalue weighted by molar-refractivity contribution is -0.140. The first-order valence-corrected chi connectivity index (χ1v) is 9.70. The first-order valence-electron chi connectivity index (χ1n) is 9.70. The number of oxime groups is 1. The zero-order valence-corrected chi connectivity index (χ0v) is 17.9. The quantitative estimate of drug-likeness (QED) is 0.672. The number of hydrogen-bond acceptors (Lipinski definition) is 3. The van der Waals surface area contributed by atoms with E-state index in [0.29, 0.717) is 19.0 Å². The summed E-state index contributed by atoms with van der Waals surface area (Å²) in [5, 5.41) is 3.92. The Kier molecular flexibility index (Phi) is 5.86. The summed E-state index contributed by atoms with van der Waals surface area (Å²) in [5.41, 5.74) is -0.689. The maximum Gasteiger partial charge on any atom is 0.419 e. The molecule has 2 aromatic rings. The molecule has 1 aliphatic rings. The molecule has 3 rings (SSSR count). The number of hydrogen-bond donors (Lipinski definition) is 0. The van der Waals surface area contributed by atoms with E-state index in [-0.39, 0.29) is 17.0 Å². The van der Waals surface area contributed by atoms with E-state index in [0.717, 1.165) is 23.5 Å². The van der Waals surface area contributed by atoms with E-state index >= 15 is 0 Å². The van der Waals surface area contributed by atoms with Crippen molar-refractivity contribution in [1.82, 2.24) is 9.36 Å². The highest BCUT2D eigenvalue weighted by Crippen LogP contribution is 2.32. The van der Waals surface area contributed by atoms with Gasteiger partial charge in [-0.15, -0.1) is 0 Å². The Morgan fingerprint density at radius 2 is 1.97 bits per heavy atom. The number of amides is 1. The lowest BCUT2D eigenvalue weighted by atomic mass is 9.92. The fraction of sp³-hybridized carbons (Fsp3) is 0.476. The number of nitrogens with zero attached hydrogens (tertiary/aromatic N) is 4. The van der Waals surface area contributed by atoms with E-state index < -0.39 is 29.0 Å². The number of rotatable bonds is 3. The van der Waals surface area contributed by atoms with Crippen molar-refractivity contribution in [3.05, 3.63) is 52.4 Å².